The second-order valence-electron chi connectivity index (χ2n) is 3.75. The minimum absolute atomic E-state index is 0.0649. The molecule has 0 saturated carbocycles. The summed E-state index contributed by atoms with van der Waals surface area (Å²) in [7, 11) is -3.21. The molecule has 1 aromatic carbocycles. The molecular weight excluding hydrogens is 224 g/mol. The summed E-state index contributed by atoms with van der Waals surface area (Å²) in [6.45, 7) is 3.39. The van der Waals surface area contributed by atoms with Crippen LogP contribution in [0.4, 0.5) is 0 Å². The van der Waals surface area contributed by atoms with Gasteiger partial charge in [0.05, 0.1) is 11.4 Å². The fraction of sp³-hybridized carbons (Fsp3) is 0.500. The summed E-state index contributed by atoms with van der Waals surface area (Å²) >= 11 is 0. The molecular formula is C12H18O3S. The molecule has 0 aliphatic heterocycles. The second kappa shape index (κ2) is 5.46. The van der Waals surface area contributed by atoms with Crippen LogP contribution < -0.4 is 0 Å². The number of hydrogen-bond acceptors (Lipinski definition) is 3. The van der Waals surface area contributed by atoms with Gasteiger partial charge in [-0.1, -0.05) is 44.2 Å². The quantitative estimate of drug-likeness (QED) is 0.858. The molecule has 0 aromatic heterocycles. The predicted octanol–water partition coefficient (Wildman–Crippen LogP) is 1.93. The fourth-order valence-electron chi connectivity index (χ4n) is 1.75. The summed E-state index contributed by atoms with van der Waals surface area (Å²) in [5, 5.41) is 9.36. The molecule has 4 heteroatoms. The third-order valence-corrected chi connectivity index (χ3v) is 5.08. The highest BCUT2D eigenvalue weighted by atomic mass is 32.2. The maximum atomic E-state index is 11.8. The molecule has 1 N–H and O–H groups in total. The molecule has 0 unspecified atom stereocenters. The first kappa shape index (κ1) is 13.2. The Balaban J connectivity index is 2.99. The van der Waals surface area contributed by atoms with E-state index in [0.717, 1.165) is 0 Å². The van der Waals surface area contributed by atoms with Crippen LogP contribution in [0.25, 0.3) is 0 Å². The molecule has 0 bridgehead atoms. The average molecular weight is 242 g/mol. The SMILES string of the molecule is CC[C@@H]([C@@H](O)c1ccccc1)S(=O)(=O)CC. The van der Waals surface area contributed by atoms with Gasteiger partial charge in [0.1, 0.15) is 0 Å². The molecule has 0 aliphatic rings. The molecule has 0 amide bonds. The summed E-state index contributed by atoms with van der Waals surface area (Å²) in [5.41, 5.74) is 0.659. The summed E-state index contributed by atoms with van der Waals surface area (Å²) < 4.78 is 23.6. The van der Waals surface area contributed by atoms with Crippen molar-refractivity contribution >= 4 is 9.84 Å². The van der Waals surface area contributed by atoms with E-state index in [4.69, 9.17) is 0 Å². The molecule has 0 fully saturated rings. The van der Waals surface area contributed by atoms with Crippen molar-refractivity contribution < 1.29 is 13.5 Å². The molecule has 16 heavy (non-hydrogen) atoms. The Bertz CT molecular complexity index is 411. The zero-order valence-corrected chi connectivity index (χ0v) is 10.4. The van der Waals surface area contributed by atoms with Crippen molar-refractivity contribution in [2.75, 3.05) is 5.75 Å². The third-order valence-electron chi connectivity index (χ3n) is 2.76. The van der Waals surface area contributed by atoms with Crippen molar-refractivity contribution in [2.45, 2.75) is 31.6 Å². The summed E-state index contributed by atoms with van der Waals surface area (Å²) in [6.07, 6.45) is -0.511. The molecule has 3 nitrogen and oxygen atoms in total. The molecule has 90 valence electrons. The lowest BCUT2D eigenvalue weighted by atomic mass is 10.1. The zero-order chi connectivity index (χ0) is 12.2. The van der Waals surface area contributed by atoms with E-state index in [0.29, 0.717) is 12.0 Å². The Kier molecular flexibility index (Phi) is 4.50. The largest absolute Gasteiger partial charge is 0.387 e. The Morgan fingerprint density at radius 1 is 1.19 bits per heavy atom. The van der Waals surface area contributed by atoms with Gasteiger partial charge in [-0.2, -0.15) is 0 Å². The third kappa shape index (κ3) is 2.83. The van der Waals surface area contributed by atoms with Crippen LogP contribution in [0.2, 0.25) is 0 Å². The Hall–Kier alpha value is -0.870. The van der Waals surface area contributed by atoms with E-state index in [-0.39, 0.29) is 5.75 Å². The smallest absolute Gasteiger partial charge is 0.155 e. The van der Waals surface area contributed by atoms with Crippen molar-refractivity contribution in [1.29, 1.82) is 0 Å². The molecule has 1 rings (SSSR count). The molecule has 0 aliphatic carbocycles. The lowest BCUT2D eigenvalue weighted by Crippen LogP contribution is -2.29. The van der Waals surface area contributed by atoms with Crippen molar-refractivity contribution in [2.24, 2.45) is 0 Å². The number of hydrogen-bond donors (Lipinski definition) is 1. The van der Waals surface area contributed by atoms with Crippen LogP contribution in [0.5, 0.6) is 0 Å². The zero-order valence-electron chi connectivity index (χ0n) is 9.63. The average Bonchev–Trinajstić information content (AvgIpc) is 2.30. The number of rotatable bonds is 5. The molecule has 2 atom stereocenters. The molecule has 0 saturated heterocycles. The number of benzene rings is 1. The molecule has 0 spiro atoms. The predicted molar refractivity (Wildman–Crippen MR) is 64.9 cm³/mol. The van der Waals surface area contributed by atoms with Gasteiger partial charge < -0.3 is 5.11 Å². The fourth-order valence-corrected chi connectivity index (χ4v) is 3.24. The minimum Gasteiger partial charge on any atom is -0.387 e. The van der Waals surface area contributed by atoms with Gasteiger partial charge in [0, 0.05) is 5.75 Å². The van der Waals surface area contributed by atoms with E-state index in [9.17, 15) is 13.5 Å². The van der Waals surface area contributed by atoms with Gasteiger partial charge in [-0.05, 0) is 12.0 Å². The van der Waals surface area contributed by atoms with Crippen LogP contribution >= 0.6 is 0 Å². The van der Waals surface area contributed by atoms with Gasteiger partial charge in [-0.25, -0.2) is 8.42 Å². The van der Waals surface area contributed by atoms with Crippen molar-refractivity contribution in [3.8, 4) is 0 Å². The van der Waals surface area contributed by atoms with E-state index in [2.05, 4.69) is 0 Å². The van der Waals surface area contributed by atoms with Gasteiger partial charge in [0.2, 0.25) is 0 Å². The van der Waals surface area contributed by atoms with Crippen LogP contribution in [0.15, 0.2) is 30.3 Å². The van der Waals surface area contributed by atoms with Crippen LogP contribution in [-0.2, 0) is 9.84 Å². The highest BCUT2D eigenvalue weighted by molar-refractivity contribution is 7.92. The first-order valence-corrected chi connectivity index (χ1v) is 7.19. The van der Waals surface area contributed by atoms with Crippen LogP contribution in [-0.4, -0.2) is 24.5 Å². The molecule has 0 radical (unpaired) electrons. The Morgan fingerprint density at radius 3 is 2.19 bits per heavy atom. The molecule has 1 aromatic rings. The van der Waals surface area contributed by atoms with E-state index in [1.165, 1.54) is 0 Å². The highest BCUT2D eigenvalue weighted by Gasteiger charge is 2.30. The number of sulfone groups is 1. The summed E-state index contributed by atoms with van der Waals surface area (Å²) in [4.78, 5) is 0. The van der Waals surface area contributed by atoms with E-state index in [1.54, 1.807) is 38.1 Å². The summed E-state index contributed by atoms with van der Waals surface area (Å²) in [5.74, 6) is 0.0649. The topological polar surface area (TPSA) is 54.4 Å². The van der Waals surface area contributed by atoms with Crippen molar-refractivity contribution in [3.63, 3.8) is 0 Å². The monoisotopic (exact) mass is 242 g/mol. The normalized spacial score (nSPS) is 15.7. The summed E-state index contributed by atoms with van der Waals surface area (Å²) in [6, 6.07) is 8.93. The van der Waals surface area contributed by atoms with Gasteiger partial charge in [-0.3, -0.25) is 0 Å². The van der Waals surface area contributed by atoms with E-state index < -0.39 is 21.2 Å². The van der Waals surface area contributed by atoms with Gasteiger partial charge in [-0.15, -0.1) is 0 Å². The van der Waals surface area contributed by atoms with E-state index in [1.807, 2.05) is 6.07 Å². The lowest BCUT2D eigenvalue weighted by molar-refractivity contribution is 0.169. The highest BCUT2D eigenvalue weighted by Crippen LogP contribution is 2.24. The number of aliphatic hydroxyl groups is 1. The maximum Gasteiger partial charge on any atom is 0.155 e. The van der Waals surface area contributed by atoms with Crippen LogP contribution in [0.3, 0.4) is 0 Å². The van der Waals surface area contributed by atoms with E-state index >= 15 is 0 Å². The van der Waals surface area contributed by atoms with Crippen molar-refractivity contribution in [1.82, 2.24) is 0 Å². The second-order valence-corrected chi connectivity index (χ2v) is 6.26. The standard InChI is InChI=1S/C12H18O3S/c1-3-11(16(14,15)4-2)12(13)10-8-6-5-7-9-10/h5-9,11-13H,3-4H2,1-2H3/t11-,12-/m0/s1. The maximum absolute atomic E-state index is 11.8. The minimum atomic E-state index is -3.21. The van der Waals surface area contributed by atoms with Gasteiger partial charge in [0.15, 0.2) is 9.84 Å². The molecule has 0 heterocycles. The first-order chi connectivity index (χ1) is 7.53. The van der Waals surface area contributed by atoms with Crippen LogP contribution in [0.1, 0.15) is 31.9 Å². The Morgan fingerprint density at radius 2 is 1.75 bits per heavy atom. The van der Waals surface area contributed by atoms with Crippen LogP contribution in [0, 0.1) is 0 Å². The first-order valence-electron chi connectivity index (χ1n) is 5.47. The lowest BCUT2D eigenvalue weighted by Gasteiger charge is -2.21. The van der Waals surface area contributed by atoms with Gasteiger partial charge in [0.25, 0.3) is 0 Å². The van der Waals surface area contributed by atoms with Gasteiger partial charge >= 0.3 is 0 Å². The Labute approximate surface area is 97.0 Å². The number of aliphatic hydroxyl groups excluding tert-OH is 1. The van der Waals surface area contributed by atoms with Crippen molar-refractivity contribution in [3.05, 3.63) is 35.9 Å².